The summed E-state index contributed by atoms with van der Waals surface area (Å²) in [6.45, 7) is 2.77. The molecule has 1 aliphatic carbocycles. The third-order valence-electron chi connectivity index (χ3n) is 2.96. The SMILES string of the molecule is [2H]CCC1([B]C)CCCCC1.[Y]. The van der Waals surface area contributed by atoms with E-state index in [1.165, 1.54) is 32.1 Å². The van der Waals surface area contributed by atoms with Crippen LogP contribution in [0.4, 0.5) is 0 Å². The molecule has 1 rings (SSSR count). The van der Waals surface area contributed by atoms with Gasteiger partial charge in [0.05, 0.1) is 0 Å². The Kier molecular flexibility index (Phi) is 5.36. The first-order chi connectivity index (χ1) is 5.33. The van der Waals surface area contributed by atoms with Crippen LogP contribution in [-0.4, -0.2) is 7.28 Å². The van der Waals surface area contributed by atoms with E-state index < -0.39 is 0 Å². The minimum atomic E-state index is 0. The predicted octanol–water partition coefficient (Wildman–Crippen LogP) is 3.27. The smallest absolute Gasteiger partial charge is 0.0914 e. The molecule has 0 unspecified atom stereocenters. The Morgan fingerprint density at radius 1 is 1.36 bits per heavy atom. The second-order valence-electron chi connectivity index (χ2n) is 3.46. The Bertz CT molecular complexity index is 108. The second-order valence-corrected chi connectivity index (χ2v) is 3.46. The maximum absolute atomic E-state index is 7.25. The van der Waals surface area contributed by atoms with Crippen molar-refractivity contribution in [1.29, 1.82) is 0 Å². The van der Waals surface area contributed by atoms with E-state index >= 15 is 0 Å². The molecular formula is C9H18BY. The van der Waals surface area contributed by atoms with Crippen LogP contribution in [0.3, 0.4) is 0 Å². The summed E-state index contributed by atoms with van der Waals surface area (Å²) in [4.78, 5) is 0. The van der Waals surface area contributed by atoms with Gasteiger partial charge in [0, 0.05) is 34.1 Å². The Morgan fingerprint density at radius 2 is 2.00 bits per heavy atom. The van der Waals surface area contributed by atoms with Crippen molar-refractivity contribution in [3.05, 3.63) is 0 Å². The summed E-state index contributed by atoms with van der Waals surface area (Å²) in [7, 11) is 2.35. The molecule has 0 aromatic heterocycles. The van der Waals surface area contributed by atoms with Gasteiger partial charge in [-0.05, 0) is 0 Å². The van der Waals surface area contributed by atoms with Crippen molar-refractivity contribution in [3.8, 4) is 0 Å². The van der Waals surface area contributed by atoms with Gasteiger partial charge in [0.15, 0.2) is 0 Å². The molecule has 1 saturated carbocycles. The predicted molar refractivity (Wildman–Crippen MR) is 47.7 cm³/mol. The van der Waals surface area contributed by atoms with E-state index in [9.17, 15) is 0 Å². The standard InChI is InChI=1S/C9H18B.Y/c1-3-9(10-2)7-5-4-6-8-9;/h3-8H2,1-2H3;/i1D;. The second kappa shape index (κ2) is 5.75. The zero-order chi connectivity index (χ0) is 8.16. The van der Waals surface area contributed by atoms with E-state index in [0.717, 1.165) is 6.42 Å². The fourth-order valence-electron chi connectivity index (χ4n) is 1.94. The van der Waals surface area contributed by atoms with Crippen LogP contribution in [0.5, 0.6) is 0 Å². The van der Waals surface area contributed by atoms with Gasteiger partial charge in [-0.25, -0.2) is 0 Å². The summed E-state index contributed by atoms with van der Waals surface area (Å²) < 4.78 is 7.25. The van der Waals surface area contributed by atoms with E-state index in [1.807, 2.05) is 0 Å². The third-order valence-corrected chi connectivity index (χ3v) is 2.96. The van der Waals surface area contributed by atoms with Gasteiger partial charge >= 0.3 is 0 Å². The maximum Gasteiger partial charge on any atom is 0.114 e. The summed E-state index contributed by atoms with van der Waals surface area (Å²) in [5.41, 5.74) is 0. The van der Waals surface area contributed by atoms with Crippen LogP contribution in [0.1, 0.15) is 46.8 Å². The molecule has 0 saturated heterocycles. The maximum atomic E-state index is 7.25. The molecule has 11 heavy (non-hydrogen) atoms. The van der Waals surface area contributed by atoms with E-state index in [0.29, 0.717) is 12.2 Å². The first-order valence-electron chi connectivity index (χ1n) is 5.13. The molecule has 0 aliphatic heterocycles. The zero-order valence-corrected chi connectivity index (χ0v) is 10.4. The Hall–Kier alpha value is 1.17. The van der Waals surface area contributed by atoms with Crippen LogP contribution in [0.15, 0.2) is 0 Å². The van der Waals surface area contributed by atoms with Crippen molar-refractivity contribution < 1.29 is 34.1 Å². The topological polar surface area (TPSA) is 0 Å². The number of rotatable bonds is 2. The molecule has 0 nitrogen and oxygen atoms in total. The largest absolute Gasteiger partial charge is 0.114 e. The Labute approximate surface area is 98.4 Å². The van der Waals surface area contributed by atoms with Gasteiger partial charge < -0.3 is 0 Å². The minimum Gasteiger partial charge on any atom is -0.0914 e. The van der Waals surface area contributed by atoms with Crippen LogP contribution >= 0.6 is 0 Å². The number of hydrogen-bond donors (Lipinski definition) is 0. The van der Waals surface area contributed by atoms with E-state index in [1.54, 1.807) is 0 Å². The summed E-state index contributed by atoms with van der Waals surface area (Å²) in [5.74, 6) is 0. The minimum absolute atomic E-state index is 0. The van der Waals surface area contributed by atoms with Crippen molar-refractivity contribution in [2.75, 3.05) is 0 Å². The molecule has 0 amide bonds. The third kappa shape index (κ3) is 3.19. The molecule has 0 bridgehead atoms. The van der Waals surface area contributed by atoms with Crippen molar-refractivity contribution in [1.82, 2.24) is 0 Å². The fourth-order valence-corrected chi connectivity index (χ4v) is 1.94. The molecule has 2 heteroatoms. The van der Waals surface area contributed by atoms with Crippen LogP contribution in [0.2, 0.25) is 12.1 Å². The van der Waals surface area contributed by atoms with Crippen molar-refractivity contribution >= 4 is 7.28 Å². The van der Waals surface area contributed by atoms with Gasteiger partial charge in [-0.1, -0.05) is 57.6 Å². The summed E-state index contributed by atoms with van der Waals surface area (Å²) in [6.07, 6.45) is 7.93. The molecule has 2 radical (unpaired) electrons. The van der Waals surface area contributed by atoms with Crippen LogP contribution in [0.25, 0.3) is 0 Å². The zero-order valence-electron chi connectivity index (χ0n) is 8.60. The molecule has 0 heterocycles. The molecule has 0 N–H and O–H groups in total. The quantitative estimate of drug-likeness (QED) is 0.635. The summed E-state index contributed by atoms with van der Waals surface area (Å²) in [5, 5.41) is 0.458. The first-order valence-corrected chi connectivity index (χ1v) is 4.43. The van der Waals surface area contributed by atoms with Gasteiger partial charge in [0.1, 0.15) is 7.28 Å². The van der Waals surface area contributed by atoms with Crippen LogP contribution < -0.4 is 0 Å². The monoisotopic (exact) mass is 227 g/mol. The average molecular weight is 227 g/mol. The molecule has 0 aromatic carbocycles. The molecular weight excluding hydrogens is 208 g/mol. The van der Waals surface area contributed by atoms with E-state index in [-0.39, 0.29) is 32.7 Å². The molecule has 0 aromatic rings. The summed E-state index contributed by atoms with van der Waals surface area (Å²) in [6, 6.07) is 0. The average Bonchev–Trinajstić information content (AvgIpc) is 2.07. The summed E-state index contributed by atoms with van der Waals surface area (Å²) >= 11 is 0. The molecule has 0 atom stereocenters. The van der Waals surface area contributed by atoms with Gasteiger partial charge in [-0.15, -0.1) is 0 Å². The van der Waals surface area contributed by atoms with Crippen molar-refractivity contribution in [3.63, 3.8) is 0 Å². The van der Waals surface area contributed by atoms with E-state index in [4.69, 9.17) is 1.37 Å². The molecule has 0 spiro atoms. The fraction of sp³-hybridized carbons (Fsp3) is 1.00. The molecule has 1 fully saturated rings. The van der Waals surface area contributed by atoms with Crippen LogP contribution in [-0.2, 0) is 32.7 Å². The normalized spacial score (nSPS) is 23.2. The van der Waals surface area contributed by atoms with Gasteiger partial charge in [-0.2, -0.15) is 0 Å². The van der Waals surface area contributed by atoms with Crippen LogP contribution in [0, 0.1) is 0 Å². The number of hydrogen-bond acceptors (Lipinski definition) is 0. The molecule has 1 aliphatic rings. The Morgan fingerprint density at radius 3 is 2.45 bits per heavy atom. The first kappa shape index (κ1) is 10.3. The Balaban J connectivity index is 0.00000121. The van der Waals surface area contributed by atoms with Gasteiger partial charge in [0.25, 0.3) is 0 Å². The van der Waals surface area contributed by atoms with Crippen molar-refractivity contribution in [2.24, 2.45) is 0 Å². The molecule has 60 valence electrons. The van der Waals surface area contributed by atoms with Gasteiger partial charge in [0.2, 0.25) is 0 Å². The van der Waals surface area contributed by atoms with Crippen molar-refractivity contribution in [2.45, 2.75) is 57.6 Å². The van der Waals surface area contributed by atoms with E-state index in [2.05, 4.69) is 14.1 Å². The van der Waals surface area contributed by atoms with Gasteiger partial charge in [-0.3, -0.25) is 0 Å².